The summed E-state index contributed by atoms with van der Waals surface area (Å²) in [6.45, 7) is 8.38. The van der Waals surface area contributed by atoms with Crippen molar-refractivity contribution >= 4 is 0 Å². The van der Waals surface area contributed by atoms with E-state index in [0.717, 1.165) is 31.0 Å². The van der Waals surface area contributed by atoms with Crippen LogP contribution in [0.5, 0.6) is 0 Å². The van der Waals surface area contributed by atoms with Crippen molar-refractivity contribution in [2.75, 3.05) is 0 Å². The van der Waals surface area contributed by atoms with Crippen molar-refractivity contribution < 1.29 is 0 Å². The maximum atomic E-state index is 4.12. The van der Waals surface area contributed by atoms with Crippen molar-refractivity contribution in [2.45, 2.75) is 52.9 Å². The highest BCUT2D eigenvalue weighted by molar-refractivity contribution is 4.94. The molecule has 2 heterocycles. The van der Waals surface area contributed by atoms with E-state index < -0.39 is 0 Å². The first-order valence-corrected chi connectivity index (χ1v) is 6.56. The third kappa shape index (κ3) is 3.82. The summed E-state index contributed by atoms with van der Waals surface area (Å²) < 4.78 is 3.56. The Morgan fingerprint density at radius 1 is 1.26 bits per heavy atom. The molecule has 0 saturated heterocycles. The summed E-state index contributed by atoms with van der Waals surface area (Å²) >= 11 is 0. The van der Waals surface area contributed by atoms with Crippen LogP contribution in [0, 0.1) is 0 Å². The SMILES string of the molecule is CCCn1nnnc1Cn1cc(CNC(C)C)nn1. The molecule has 0 radical (unpaired) electrons. The van der Waals surface area contributed by atoms with Gasteiger partial charge in [0.25, 0.3) is 0 Å². The number of nitrogens with zero attached hydrogens (tertiary/aromatic N) is 7. The van der Waals surface area contributed by atoms with Crippen molar-refractivity contribution in [3.63, 3.8) is 0 Å². The maximum absolute atomic E-state index is 4.12. The highest BCUT2D eigenvalue weighted by atomic mass is 15.6. The van der Waals surface area contributed by atoms with Gasteiger partial charge in [-0.2, -0.15) is 0 Å². The van der Waals surface area contributed by atoms with Gasteiger partial charge in [0.15, 0.2) is 5.82 Å². The molecule has 2 aromatic rings. The number of aromatic nitrogens is 7. The molecule has 104 valence electrons. The topological polar surface area (TPSA) is 86.3 Å². The smallest absolute Gasteiger partial charge is 0.172 e. The Balaban J connectivity index is 1.97. The maximum Gasteiger partial charge on any atom is 0.172 e. The molecule has 0 aromatic carbocycles. The third-order valence-corrected chi connectivity index (χ3v) is 2.62. The van der Waals surface area contributed by atoms with Crippen LogP contribution in [-0.2, 0) is 19.6 Å². The monoisotopic (exact) mass is 264 g/mol. The fraction of sp³-hybridized carbons (Fsp3) is 0.727. The Morgan fingerprint density at radius 2 is 2.11 bits per heavy atom. The molecular formula is C11H20N8. The van der Waals surface area contributed by atoms with Gasteiger partial charge in [0.2, 0.25) is 0 Å². The Bertz CT molecular complexity index is 500. The van der Waals surface area contributed by atoms with E-state index in [0.29, 0.717) is 12.6 Å². The molecule has 0 spiro atoms. The van der Waals surface area contributed by atoms with Gasteiger partial charge < -0.3 is 5.32 Å². The first kappa shape index (κ1) is 13.6. The van der Waals surface area contributed by atoms with Gasteiger partial charge in [0.1, 0.15) is 6.54 Å². The van der Waals surface area contributed by atoms with E-state index in [9.17, 15) is 0 Å². The van der Waals surface area contributed by atoms with Gasteiger partial charge in [-0.3, -0.25) is 0 Å². The molecule has 0 aliphatic heterocycles. The lowest BCUT2D eigenvalue weighted by Crippen LogP contribution is -2.21. The molecule has 8 heteroatoms. The second kappa shape index (κ2) is 6.37. The standard InChI is InChI=1S/C11H20N8/c1-4-5-19-11(14-15-17-19)8-18-7-10(13-16-18)6-12-9(2)3/h7,9,12H,4-6,8H2,1-3H3. The Kier molecular flexibility index (Phi) is 4.56. The molecule has 2 aromatic heterocycles. The highest BCUT2D eigenvalue weighted by Gasteiger charge is 2.08. The van der Waals surface area contributed by atoms with Crippen LogP contribution in [0.25, 0.3) is 0 Å². The van der Waals surface area contributed by atoms with Crippen LogP contribution in [0.4, 0.5) is 0 Å². The lowest BCUT2D eigenvalue weighted by atomic mass is 10.3. The molecule has 0 saturated carbocycles. The fourth-order valence-corrected chi connectivity index (χ4v) is 1.67. The minimum absolute atomic E-state index is 0.432. The zero-order valence-corrected chi connectivity index (χ0v) is 11.6. The summed E-state index contributed by atoms with van der Waals surface area (Å²) in [7, 11) is 0. The number of hydrogen-bond acceptors (Lipinski definition) is 6. The molecule has 0 fully saturated rings. The Hall–Kier alpha value is -1.83. The molecule has 0 atom stereocenters. The van der Waals surface area contributed by atoms with Crippen LogP contribution in [0.3, 0.4) is 0 Å². The average molecular weight is 264 g/mol. The molecule has 0 aliphatic carbocycles. The van der Waals surface area contributed by atoms with Gasteiger partial charge in [-0.05, 0) is 16.8 Å². The van der Waals surface area contributed by atoms with Crippen molar-refractivity contribution in [2.24, 2.45) is 0 Å². The fourth-order valence-electron chi connectivity index (χ4n) is 1.67. The molecule has 0 unspecified atom stereocenters. The van der Waals surface area contributed by atoms with Gasteiger partial charge in [-0.15, -0.1) is 10.2 Å². The van der Waals surface area contributed by atoms with Gasteiger partial charge in [-0.25, -0.2) is 9.36 Å². The Morgan fingerprint density at radius 3 is 2.84 bits per heavy atom. The zero-order valence-electron chi connectivity index (χ0n) is 11.6. The van der Waals surface area contributed by atoms with Crippen LogP contribution in [-0.4, -0.2) is 41.2 Å². The minimum Gasteiger partial charge on any atom is -0.309 e. The van der Waals surface area contributed by atoms with E-state index in [1.54, 1.807) is 9.36 Å². The summed E-state index contributed by atoms with van der Waals surface area (Å²) in [5, 5.41) is 23.2. The average Bonchev–Trinajstić information content (AvgIpc) is 2.98. The molecular weight excluding hydrogens is 244 g/mol. The van der Waals surface area contributed by atoms with Crippen LogP contribution in [0.15, 0.2) is 6.20 Å². The van der Waals surface area contributed by atoms with Crippen molar-refractivity contribution in [3.05, 3.63) is 17.7 Å². The summed E-state index contributed by atoms with van der Waals surface area (Å²) in [6, 6.07) is 0.432. The first-order valence-electron chi connectivity index (χ1n) is 6.56. The minimum atomic E-state index is 0.432. The lowest BCUT2D eigenvalue weighted by molar-refractivity contribution is 0.526. The van der Waals surface area contributed by atoms with Gasteiger partial charge >= 0.3 is 0 Å². The predicted molar refractivity (Wildman–Crippen MR) is 69.2 cm³/mol. The van der Waals surface area contributed by atoms with Crippen LogP contribution >= 0.6 is 0 Å². The largest absolute Gasteiger partial charge is 0.309 e. The van der Waals surface area contributed by atoms with E-state index in [2.05, 4.69) is 51.9 Å². The van der Waals surface area contributed by atoms with E-state index in [1.165, 1.54) is 0 Å². The second-order valence-electron chi connectivity index (χ2n) is 4.76. The van der Waals surface area contributed by atoms with Crippen molar-refractivity contribution in [3.8, 4) is 0 Å². The summed E-state index contributed by atoms with van der Waals surface area (Å²) in [5.41, 5.74) is 0.920. The van der Waals surface area contributed by atoms with E-state index in [1.807, 2.05) is 6.20 Å². The molecule has 0 aliphatic rings. The first-order chi connectivity index (χ1) is 9.19. The van der Waals surface area contributed by atoms with Crippen molar-refractivity contribution in [1.29, 1.82) is 0 Å². The number of rotatable bonds is 7. The summed E-state index contributed by atoms with van der Waals surface area (Å²) in [4.78, 5) is 0. The van der Waals surface area contributed by atoms with Gasteiger partial charge in [0.05, 0.1) is 11.9 Å². The summed E-state index contributed by atoms with van der Waals surface area (Å²) in [6.07, 6.45) is 2.92. The molecule has 19 heavy (non-hydrogen) atoms. The third-order valence-electron chi connectivity index (χ3n) is 2.62. The predicted octanol–water partition coefficient (Wildman–Crippen LogP) is 0.221. The quantitative estimate of drug-likeness (QED) is 0.770. The zero-order chi connectivity index (χ0) is 13.7. The van der Waals surface area contributed by atoms with Crippen molar-refractivity contribution in [1.82, 2.24) is 40.5 Å². The number of tetrazole rings is 1. The van der Waals surface area contributed by atoms with Crippen LogP contribution in [0.1, 0.15) is 38.7 Å². The van der Waals surface area contributed by atoms with Gasteiger partial charge in [-0.1, -0.05) is 26.0 Å². The van der Waals surface area contributed by atoms with E-state index in [4.69, 9.17) is 0 Å². The van der Waals surface area contributed by atoms with Gasteiger partial charge in [0, 0.05) is 19.1 Å². The van der Waals surface area contributed by atoms with Crippen LogP contribution in [0.2, 0.25) is 0 Å². The number of nitrogens with one attached hydrogen (secondary N) is 1. The molecule has 0 amide bonds. The van der Waals surface area contributed by atoms with E-state index >= 15 is 0 Å². The second-order valence-corrected chi connectivity index (χ2v) is 4.76. The highest BCUT2D eigenvalue weighted by Crippen LogP contribution is 2.00. The van der Waals surface area contributed by atoms with E-state index in [-0.39, 0.29) is 0 Å². The molecule has 1 N–H and O–H groups in total. The number of aryl methyl sites for hydroxylation is 1. The summed E-state index contributed by atoms with van der Waals surface area (Å²) in [5.74, 6) is 0.801. The molecule has 8 nitrogen and oxygen atoms in total. The molecule has 0 bridgehead atoms. The number of hydrogen-bond donors (Lipinski definition) is 1. The Labute approximate surface area is 112 Å². The normalized spacial score (nSPS) is 11.4. The van der Waals surface area contributed by atoms with Crippen LogP contribution < -0.4 is 5.32 Å². The lowest BCUT2D eigenvalue weighted by Gasteiger charge is -2.04. The molecule has 2 rings (SSSR count).